The molecule has 6 rings (SSSR count). The second-order valence-corrected chi connectivity index (χ2v) is 10.5. The lowest BCUT2D eigenvalue weighted by molar-refractivity contribution is -0.577. The summed E-state index contributed by atoms with van der Waals surface area (Å²) in [7, 11) is 0. The quantitative estimate of drug-likeness (QED) is 0.431. The van der Waals surface area contributed by atoms with Crippen molar-refractivity contribution in [3.05, 3.63) is 24.3 Å². The van der Waals surface area contributed by atoms with Crippen LogP contribution in [-0.4, -0.2) is 49.8 Å². The van der Waals surface area contributed by atoms with E-state index in [9.17, 15) is 4.79 Å². The molecule has 35 heavy (non-hydrogen) atoms. The Morgan fingerprint density at radius 1 is 1.11 bits per heavy atom. The van der Waals surface area contributed by atoms with Crippen LogP contribution in [-0.2, 0) is 24.0 Å². The SMILES string of the molecule is CCOc1ccc(NC(=O)NCCO[C@H]2O[C@@H]3O[C@]4(C)CC[C@H]5[C@H](C)CC[C@@H]([C@H]2C)[C@@]35OO4)cc1. The lowest BCUT2D eigenvalue weighted by Crippen LogP contribution is -2.70. The van der Waals surface area contributed by atoms with Crippen molar-refractivity contribution in [2.24, 2.45) is 23.7 Å². The standard InChI is InChI=1S/C26H38N2O7/c1-5-30-19-9-7-18(8-10-19)28-24(29)27-14-15-31-22-17(3)21-11-6-16(2)20-12-13-25(4)33-23(32-22)26(20,21)35-34-25/h7-10,16-17,20-23H,5-6,11-15H2,1-4H3,(H2,27,28,29)/t16-,17-,20+,21+,22+,23-,25+,26-/m1/s1. The van der Waals surface area contributed by atoms with E-state index in [0.29, 0.717) is 37.3 Å². The Balaban J connectivity index is 1.15. The van der Waals surface area contributed by atoms with Crippen molar-refractivity contribution in [2.75, 3.05) is 25.1 Å². The van der Waals surface area contributed by atoms with E-state index in [1.54, 1.807) is 12.1 Å². The normalized spacial score (nSPS) is 39.9. The number of anilines is 1. The maximum atomic E-state index is 12.3. The van der Waals surface area contributed by atoms with Crippen molar-refractivity contribution >= 4 is 11.7 Å². The fraction of sp³-hybridized carbons (Fsp3) is 0.731. The fourth-order valence-electron chi connectivity index (χ4n) is 6.38. The first-order chi connectivity index (χ1) is 16.8. The van der Waals surface area contributed by atoms with Gasteiger partial charge in [-0.2, -0.15) is 0 Å². The molecule has 4 saturated heterocycles. The maximum absolute atomic E-state index is 12.3. The highest BCUT2D eigenvalue weighted by Crippen LogP contribution is 2.60. The minimum Gasteiger partial charge on any atom is -0.494 e. The predicted octanol–water partition coefficient (Wildman–Crippen LogP) is 4.43. The number of rotatable bonds is 7. The van der Waals surface area contributed by atoms with Gasteiger partial charge in [0, 0.05) is 30.5 Å². The van der Waals surface area contributed by atoms with Crippen LogP contribution in [0.5, 0.6) is 5.75 Å². The smallest absolute Gasteiger partial charge is 0.319 e. The molecule has 194 valence electrons. The van der Waals surface area contributed by atoms with Gasteiger partial charge in [0.15, 0.2) is 18.2 Å². The Hall–Kier alpha value is -1.91. The summed E-state index contributed by atoms with van der Waals surface area (Å²) in [5, 5.41) is 5.65. The van der Waals surface area contributed by atoms with Gasteiger partial charge < -0.3 is 29.6 Å². The molecule has 0 aromatic heterocycles. The lowest BCUT2D eigenvalue weighted by Gasteiger charge is -2.60. The molecule has 2 amide bonds. The topological polar surface area (TPSA) is 96.5 Å². The molecular formula is C26H38N2O7. The number of hydrogen-bond donors (Lipinski definition) is 2. The summed E-state index contributed by atoms with van der Waals surface area (Å²) >= 11 is 0. The molecule has 5 fully saturated rings. The van der Waals surface area contributed by atoms with E-state index in [1.165, 1.54) is 0 Å². The monoisotopic (exact) mass is 490 g/mol. The summed E-state index contributed by atoms with van der Waals surface area (Å²) in [6, 6.07) is 6.97. The van der Waals surface area contributed by atoms with Gasteiger partial charge in [-0.15, -0.1) is 0 Å². The van der Waals surface area contributed by atoms with Gasteiger partial charge in [-0.1, -0.05) is 13.8 Å². The zero-order chi connectivity index (χ0) is 24.6. The number of fused-ring (bicyclic) bond motifs is 2. The third kappa shape index (κ3) is 4.64. The third-order valence-corrected chi connectivity index (χ3v) is 8.19. The molecule has 1 aliphatic carbocycles. The number of benzene rings is 1. The molecule has 9 heteroatoms. The number of hydrogen-bond acceptors (Lipinski definition) is 7. The van der Waals surface area contributed by atoms with E-state index in [0.717, 1.165) is 31.4 Å². The van der Waals surface area contributed by atoms with E-state index in [1.807, 2.05) is 26.0 Å². The predicted molar refractivity (Wildman–Crippen MR) is 127 cm³/mol. The molecule has 0 radical (unpaired) electrons. The van der Waals surface area contributed by atoms with E-state index < -0.39 is 24.0 Å². The Kier molecular flexibility index (Phi) is 6.98. The first-order valence-corrected chi connectivity index (χ1v) is 12.9. The Morgan fingerprint density at radius 3 is 2.69 bits per heavy atom. The van der Waals surface area contributed by atoms with Crippen molar-refractivity contribution in [3.63, 3.8) is 0 Å². The largest absolute Gasteiger partial charge is 0.494 e. The van der Waals surface area contributed by atoms with Crippen LogP contribution in [0.25, 0.3) is 0 Å². The van der Waals surface area contributed by atoms with Crippen molar-refractivity contribution in [1.82, 2.24) is 5.32 Å². The second-order valence-electron chi connectivity index (χ2n) is 10.5. The fourth-order valence-corrected chi connectivity index (χ4v) is 6.38. The Labute approximate surface area is 207 Å². The van der Waals surface area contributed by atoms with Crippen molar-refractivity contribution in [3.8, 4) is 5.75 Å². The molecular weight excluding hydrogens is 452 g/mol. The number of ether oxygens (including phenoxy) is 4. The third-order valence-electron chi connectivity index (χ3n) is 8.19. The van der Waals surface area contributed by atoms with Crippen molar-refractivity contribution < 1.29 is 33.5 Å². The molecule has 4 aliphatic heterocycles. The molecule has 1 aromatic rings. The molecule has 2 N–H and O–H groups in total. The first-order valence-electron chi connectivity index (χ1n) is 12.9. The molecule has 2 bridgehead atoms. The summed E-state index contributed by atoms with van der Waals surface area (Å²) in [5.41, 5.74) is 0.0989. The van der Waals surface area contributed by atoms with Crippen LogP contribution >= 0.6 is 0 Å². The molecule has 4 heterocycles. The molecule has 1 saturated carbocycles. The Bertz CT molecular complexity index is 898. The average molecular weight is 491 g/mol. The zero-order valence-electron chi connectivity index (χ0n) is 21.1. The highest BCUT2D eigenvalue weighted by Gasteiger charge is 2.69. The molecule has 1 aromatic carbocycles. The highest BCUT2D eigenvalue weighted by molar-refractivity contribution is 5.89. The summed E-state index contributed by atoms with van der Waals surface area (Å²) in [6.07, 6.45) is 2.98. The summed E-state index contributed by atoms with van der Waals surface area (Å²) < 4.78 is 24.3. The average Bonchev–Trinajstić information content (AvgIpc) is 3.07. The second kappa shape index (κ2) is 9.86. The van der Waals surface area contributed by atoms with E-state index in [2.05, 4.69) is 24.5 Å². The van der Waals surface area contributed by atoms with Crippen LogP contribution in [0, 0.1) is 23.7 Å². The van der Waals surface area contributed by atoms with Crippen LogP contribution in [0.4, 0.5) is 10.5 Å². The van der Waals surface area contributed by atoms with Gasteiger partial charge in [-0.3, -0.25) is 0 Å². The maximum Gasteiger partial charge on any atom is 0.319 e. The van der Waals surface area contributed by atoms with Crippen molar-refractivity contribution in [2.45, 2.75) is 77.3 Å². The molecule has 1 spiro atoms. The van der Waals surface area contributed by atoms with Gasteiger partial charge in [-0.05, 0) is 69.2 Å². The lowest BCUT2D eigenvalue weighted by atomic mass is 9.58. The summed E-state index contributed by atoms with van der Waals surface area (Å²) in [5.74, 6) is 1.13. The van der Waals surface area contributed by atoms with Gasteiger partial charge in [0.2, 0.25) is 5.79 Å². The number of carbonyl (C=O) groups excluding carboxylic acids is 1. The first kappa shape index (κ1) is 24.8. The molecule has 9 nitrogen and oxygen atoms in total. The van der Waals surface area contributed by atoms with E-state index in [4.69, 9.17) is 28.7 Å². The van der Waals surface area contributed by atoms with Gasteiger partial charge in [0.25, 0.3) is 0 Å². The number of carbonyl (C=O) groups is 1. The number of urea groups is 1. The van der Waals surface area contributed by atoms with Gasteiger partial charge >= 0.3 is 6.03 Å². The zero-order valence-corrected chi connectivity index (χ0v) is 21.1. The van der Waals surface area contributed by atoms with Gasteiger partial charge in [-0.25, -0.2) is 14.6 Å². The number of nitrogens with one attached hydrogen (secondary N) is 2. The van der Waals surface area contributed by atoms with Gasteiger partial charge in [0.05, 0.1) is 13.2 Å². The van der Waals surface area contributed by atoms with Crippen LogP contribution < -0.4 is 15.4 Å². The van der Waals surface area contributed by atoms with Crippen LogP contribution in [0.3, 0.4) is 0 Å². The molecule has 8 atom stereocenters. The summed E-state index contributed by atoms with van der Waals surface area (Å²) in [6.45, 7) is 9.59. The van der Waals surface area contributed by atoms with Gasteiger partial charge in [0.1, 0.15) is 5.75 Å². The van der Waals surface area contributed by atoms with Crippen LogP contribution in [0.15, 0.2) is 24.3 Å². The molecule has 5 aliphatic rings. The Morgan fingerprint density at radius 2 is 1.91 bits per heavy atom. The van der Waals surface area contributed by atoms with E-state index >= 15 is 0 Å². The van der Waals surface area contributed by atoms with Crippen LogP contribution in [0.2, 0.25) is 0 Å². The summed E-state index contributed by atoms with van der Waals surface area (Å²) in [4.78, 5) is 24.3. The molecule has 0 unspecified atom stereocenters. The van der Waals surface area contributed by atoms with Crippen LogP contribution in [0.1, 0.15) is 53.4 Å². The minimum absolute atomic E-state index is 0.105. The minimum atomic E-state index is -0.802. The van der Waals surface area contributed by atoms with Crippen molar-refractivity contribution in [1.29, 1.82) is 0 Å². The number of amides is 2. The van der Waals surface area contributed by atoms with E-state index in [-0.39, 0.29) is 17.9 Å². The highest BCUT2D eigenvalue weighted by atomic mass is 17.3.